The highest BCUT2D eigenvalue weighted by atomic mass is 16.5. The number of ether oxygens (including phenoxy) is 1. The van der Waals surface area contributed by atoms with Crippen LogP contribution in [-0.2, 0) is 11.2 Å². The number of hydrogen-bond acceptors (Lipinski definition) is 4. The maximum atomic E-state index is 11.7. The monoisotopic (exact) mass is 249 g/mol. The highest BCUT2D eigenvalue weighted by Crippen LogP contribution is 2.19. The van der Waals surface area contributed by atoms with Crippen LogP contribution in [0.25, 0.3) is 0 Å². The number of carbonyl (C=O) groups is 1. The molecule has 98 valence electrons. The largest absolute Gasteiger partial charge is 0.479 e. The summed E-state index contributed by atoms with van der Waals surface area (Å²) in [6, 6.07) is 4.04. The minimum atomic E-state index is -0.493. The first-order valence-electron chi connectivity index (χ1n) is 6.31. The number of amides is 1. The van der Waals surface area contributed by atoms with E-state index in [0.717, 1.165) is 25.0 Å². The van der Waals surface area contributed by atoms with Crippen molar-refractivity contribution in [1.82, 2.24) is 10.3 Å². The van der Waals surface area contributed by atoms with Crippen LogP contribution >= 0.6 is 0 Å². The molecule has 1 aromatic heterocycles. The topological polar surface area (TPSA) is 77.2 Å². The molecule has 3 N–H and O–H groups in total. The quantitative estimate of drug-likeness (QED) is 0.775. The van der Waals surface area contributed by atoms with Crippen molar-refractivity contribution in [2.45, 2.75) is 38.3 Å². The number of nitrogens with zero attached hydrogens (tertiary/aromatic N) is 1. The molecule has 1 heterocycles. The Morgan fingerprint density at radius 3 is 2.94 bits per heavy atom. The minimum absolute atomic E-state index is 0.0662. The Balaban J connectivity index is 1.85. The molecule has 1 aromatic rings. The smallest absolute Gasteiger partial charge is 0.260 e. The van der Waals surface area contributed by atoms with E-state index in [9.17, 15) is 4.79 Å². The second kappa shape index (κ2) is 5.82. The molecule has 1 amide bonds. The number of nitrogens with two attached hydrogens (primary N) is 1. The summed E-state index contributed by atoms with van der Waals surface area (Å²) >= 11 is 0. The Morgan fingerprint density at radius 1 is 1.61 bits per heavy atom. The molecule has 18 heavy (non-hydrogen) atoms. The molecule has 2 rings (SSSR count). The van der Waals surface area contributed by atoms with E-state index in [1.165, 1.54) is 0 Å². The summed E-state index contributed by atoms with van der Waals surface area (Å²) in [6.07, 6.45) is 4.04. The zero-order valence-corrected chi connectivity index (χ0v) is 10.6. The lowest BCUT2D eigenvalue weighted by Gasteiger charge is -2.14. The maximum absolute atomic E-state index is 11.7. The average Bonchev–Trinajstić information content (AvgIpc) is 3.16. The number of carbonyl (C=O) groups excluding carboxylic acids is 1. The van der Waals surface area contributed by atoms with Gasteiger partial charge in [-0.15, -0.1) is 0 Å². The van der Waals surface area contributed by atoms with Gasteiger partial charge in [-0.1, -0.05) is 0 Å². The van der Waals surface area contributed by atoms with Gasteiger partial charge in [-0.25, -0.2) is 0 Å². The van der Waals surface area contributed by atoms with Crippen molar-refractivity contribution < 1.29 is 9.53 Å². The number of hydrogen-bond donors (Lipinski definition) is 2. The zero-order valence-electron chi connectivity index (χ0n) is 10.6. The molecule has 0 saturated heterocycles. The van der Waals surface area contributed by atoms with Crippen molar-refractivity contribution in [3.63, 3.8) is 0 Å². The predicted octanol–water partition coefficient (Wildman–Crippen LogP) is 0.629. The highest BCUT2D eigenvalue weighted by Gasteiger charge is 2.26. The molecular formula is C13H19N3O2. The number of pyridine rings is 1. The molecule has 0 bridgehead atoms. The lowest BCUT2D eigenvalue weighted by Crippen LogP contribution is -2.37. The van der Waals surface area contributed by atoms with E-state index >= 15 is 0 Å². The SMILES string of the molecule is CC(Oc1ccc(CCN)nc1)C(=O)NC1CC1. The normalized spacial score (nSPS) is 16.1. The summed E-state index contributed by atoms with van der Waals surface area (Å²) in [5, 5.41) is 2.90. The highest BCUT2D eigenvalue weighted by molar-refractivity contribution is 5.81. The van der Waals surface area contributed by atoms with Gasteiger partial charge in [-0.3, -0.25) is 9.78 Å². The van der Waals surface area contributed by atoms with Crippen LogP contribution < -0.4 is 15.8 Å². The third-order valence-corrected chi connectivity index (χ3v) is 2.80. The second-order valence-electron chi connectivity index (χ2n) is 4.57. The molecule has 1 fully saturated rings. The van der Waals surface area contributed by atoms with Crippen molar-refractivity contribution in [3.8, 4) is 5.75 Å². The Kier molecular flexibility index (Phi) is 4.15. The molecule has 1 aliphatic carbocycles. The van der Waals surface area contributed by atoms with E-state index in [1.807, 2.05) is 12.1 Å². The molecule has 1 unspecified atom stereocenters. The van der Waals surface area contributed by atoms with Gasteiger partial charge in [0.1, 0.15) is 5.75 Å². The van der Waals surface area contributed by atoms with Gasteiger partial charge < -0.3 is 15.8 Å². The van der Waals surface area contributed by atoms with Crippen LogP contribution in [0, 0.1) is 0 Å². The van der Waals surface area contributed by atoms with E-state index in [0.29, 0.717) is 18.3 Å². The standard InChI is InChI=1S/C13H19N3O2/c1-9(13(17)16-11-2-3-11)18-12-5-4-10(6-7-14)15-8-12/h4-5,8-9,11H,2-3,6-7,14H2,1H3,(H,16,17). The summed E-state index contributed by atoms with van der Waals surface area (Å²) in [6.45, 7) is 2.32. The summed E-state index contributed by atoms with van der Waals surface area (Å²) in [4.78, 5) is 15.9. The van der Waals surface area contributed by atoms with E-state index in [4.69, 9.17) is 10.5 Å². The summed E-state index contributed by atoms with van der Waals surface area (Å²) < 4.78 is 5.53. The van der Waals surface area contributed by atoms with Gasteiger partial charge in [0.25, 0.3) is 5.91 Å². The Morgan fingerprint density at radius 2 is 2.39 bits per heavy atom. The van der Waals surface area contributed by atoms with Gasteiger partial charge in [0, 0.05) is 18.2 Å². The van der Waals surface area contributed by atoms with Crippen molar-refractivity contribution >= 4 is 5.91 Å². The predicted molar refractivity (Wildman–Crippen MR) is 68.3 cm³/mol. The molecule has 1 aliphatic rings. The number of nitrogens with one attached hydrogen (secondary N) is 1. The number of rotatable bonds is 6. The summed E-state index contributed by atoms with van der Waals surface area (Å²) in [5.41, 5.74) is 6.38. The van der Waals surface area contributed by atoms with Gasteiger partial charge in [0.2, 0.25) is 0 Å². The van der Waals surface area contributed by atoms with Crippen LogP contribution in [0.15, 0.2) is 18.3 Å². The van der Waals surface area contributed by atoms with Gasteiger partial charge in [-0.05, 0) is 38.4 Å². The van der Waals surface area contributed by atoms with E-state index in [2.05, 4.69) is 10.3 Å². The third-order valence-electron chi connectivity index (χ3n) is 2.80. The van der Waals surface area contributed by atoms with Crippen LogP contribution in [-0.4, -0.2) is 29.6 Å². The molecule has 1 saturated carbocycles. The van der Waals surface area contributed by atoms with Crippen molar-refractivity contribution in [2.24, 2.45) is 5.73 Å². The van der Waals surface area contributed by atoms with Gasteiger partial charge in [0.05, 0.1) is 6.20 Å². The van der Waals surface area contributed by atoms with Crippen molar-refractivity contribution in [2.75, 3.05) is 6.54 Å². The van der Waals surface area contributed by atoms with Crippen LogP contribution in [0.4, 0.5) is 0 Å². The third kappa shape index (κ3) is 3.70. The molecular weight excluding hydrogens is 230 g/mol. The molecule has 1 atom stereocenters. The van der Waals surface area contributed by atoms with Crippen molar-refractivity contribution in [3.05, 3.63) is 24.0 Å². The van der Waals surface area contributed by atoms with E-state index in [-0.39, 0.29) is 5.91 Å². The van der Waals surface area contributed by atoms with Crippen LogP contribution in [0.2, 0.25) is 0 Å². The molecule has 0 spiro atoms. The first-order valence-corrected chi connectivity index (χ1v) is 6.31. The Hall–Kier alpha value is -1.62. The Bertz CT molecular complexity index is 401. The minimum Gasteiger partial charge on any atom is -0.479 e. The fraction of sp³-hybridized carbons (Fsp3) is 0.538. The van der Waals surface area contributed by atoms with Crippen LogP contribution in [0.1, 0.15) is 25.5 Å². The van der Waals surface area contributed by atoms with Gasteiger partial charge in [-0.2, -0.15) is 0 Å². The maximum Gasteiger partial charge on any atom is 0.260 e. The zero-order chi connectivity index (χ0) is 13.0. The molecule has 0 radical (unpaired) electrons. The number of aromatic nitrogens is 1. The second-order valence-corrected chi connectivity index (χ2v) is 4.57. The fourth-order valence-corrected chi connectivity index (χ4v) is 1.58. The van der Waals surface area contributed by atoms with Crippen LogP contribution in [0.5, 0.6) is 5.75 Å². The van der Waals surface area contributed by atoms with E-state index in [1.54, 1.807) is 13.1 Å². The first kappa shape index (κ1) is 12.8. The molecule has 0 aliphatic heterocycles. The van der Waals surface area contributed by atoms with Crippen molar-refractivity contribution in [1.29, 1.82) is 0 Å². The summed E-state index contributed by atoms with van der Waals surface area (Å²) in [7, 11) is 0. The molecule has 5 nitrogen and oxygen atoms in total. The average molecular weight is 249 g/mol. The van der Waals surface area contributed by atoms with Gasteiger partial charge in [0.15, 0.2) is 6.10 Å². The lowest BCUT2D eigenvalue weighted by atomic mass is 10.2. The first-order chi connectivity index (χ1) is 8.69. The van der Waals surface area contributed by atoms with Crippen LogP contribution in [0.3, 0.4) is 0 Å². The fourth-order valence-electron chi connectivity index (χ4n) is 1.58. The van der Waals surface area contributed by atoms with E-state index < -0.39 is 6.10 Å². The molecule has 0 aromatic carbocycles. The van der Waals surface area contributed by atoms with Gasteiger partial charge >= 0.3 is 0 Å². The Labute approximate surface area is 107 Å². The summed E-state index contributed by atoms with van der Waals surface area (Å²) in [5.74, 6) is 0.540. The molecule has 5 heteroatoms. The lowest BCUT2D eigenvalue weighted by molar-refractivity contribution is -0.127.